The van der Waals surface area contributed by atoms with Gasteiger partial charge in [-0.3, -0.25) is 9.38 Å². The highest BCUT2D eigenvalue weighted by atomic mass is 35.5. The Labute approximate surface area is 102 Å². The van der Waals surface area contributed by atoms with Crippen LogP contribution in [0.5, 0.6) is 0 Å². The van der Waals surface area contributed by atoms with E-state index >= 15 is 0 Å². The molecule has 3 aromatic rings. The Morgan fingerprint density at radius 3 is 2.88 bits per heavy atom. The van der Waals surface area contributed by atoms with Crippen molar-refractivity contribution in [2.24, 2.45) is 0 Å². The molecular weight excluding hydrogens is 238 g/mol. The largest absolute Gasteiger partial charge is 0.294 e. The van der Waals surface area contributed by atoms with Crippen molar-refractivity contribution < 1.29 is 0 Å². The molecular formula is C11H8ClN5. The number of halogens is 1. The fourth-order valence-corrected chi connectivity index (χ4v) is 1.75. The van der Waals surface area contributed by atoms with Crippen LogP contribution in [0.2, 0.25) is 5.15 Å². The van der Waals surface area contributed by atoms with Gasteiger partial charge in [0.1, 0.15) is 10.8 Å². The molecule has 0 atom stereocenters. The molecule has 0 saturated heterocycles. The quantitative estimate of drug-likeness (QED) is 0.617. The summed E-state index contributed by atoms with van der Waals surface area (Å²) in [5.41, 5.74) is 2.46. The SMILES string of the molecule is Cc1cn2c(-c3nccc(Cl)n3)cnc2cn1. The van der Waals surface area contributed by atoms with Crippen molar-refractivity contribution in [3.05, 3.63) is 41.7 Å². The Morgan fingerprint density at radius 1 is 1.18 bits per heavy atom. The van der Waals surface area contributed by atoms with Gasteiger partial charge in [0.25, 0.3) is 0 Å². The lowest BCUT2D eigenvalue weighted by Gasteiger charge is -2.01. The molecule has 6 heteroatoms. The van der Waals surface area contributed by atoms with Crippen molar-refractivity contribution in [1.29, 1.82) is 0 Å². The van der Waals surface area contributed by atoms with Gasteiger partial charge in [0.15, 0.2) is 11.5 Å². The summed E-state index contributed by atoms with van der Waals surface area (Å²) in [6, 6.07) is 1.64. The van der Waals surface area contributed by atoms with Crippen molar-refractivity contribution in [3.63, 3.8) is 0 Å². The van der Waals surface area contributed by atoms with E-state index in [-0.39, 0.29) is 0 Å². The Bertz CT molecular complexity index is 691. The van der Waals surface area contributed by atoms with E-state index in [1.807, 2.05) is 17.5 Å². The smallest absolute Gasteiger partial charge is 0.179 e. The van der Waals surface area contributed by atoms with Gasteiger partial charge in [-0.2, -0.15) is 0 Å². The van der Waals surface area contributed by atoms with Crippen molar-refractivity contribution >= 4 is 17.2 Å². The maximum absolute atomic E-state index is 5.85. The molecule has 0 amide bonds. The monoisotopic (exact) mass is 245 g/mol. The van der Waals surface area contributed by atoms with Crippen LogP contribution in [0.1, 0.15) is 5.69 Å². The molecule has 0 aliphatic carbocycles. The predicted molar refractivity (Wildman–Crippen MR) is 63.8 cm³/mol. The number of hydrogen-bond acceptors (Lipinski definition) is 4. The van der Waals surface area contributed by atoms with E-state index in [4.69, 9.17) is 11.6 Å². The van der Waals surface area contributed by atoms with Crippen LogP contribution < -0.4 is 0 Å². The molecule has 84 valence electrons. The minimum atomic E-state index is 0.413. The van der Waals surface area contributed by atoms with Gasteiger partial charge in [-0.1, -0.05) is 11.6 Å². The molecule has 3 rings (SSSR count). The van der Waals surface area contributed by atoms with E-state index in [1.54, 1.807) is 24.7 Å². The van der Waals surface area contributed by atoms with Gasteiger partial charge in [-0.25, -0.2) is 15.0 Å². The fourth-order valence-electron chi connectivity index (χ4n) is 1.61. The summed E-state index contributed by atoms with van der Waals surface area (Å²) >= 11 is 5.85. The Morgan fingerprint density at radius 2 is 2.06 bits per heavy atom. The van der Waals surface area contributed by atoms with Crippen LogP contribution in [0.3, 0.4) is 0 Å². The van der Waals surface area contributed by atoms with Crippen LogP contribution in [0.15, 0.2) is 30.9 Å². The summed E-state index contributed by atoms with van der Waals surface area (Å²) in [7, 11) is 0. The number of aromatic nitrogens is 5. The number of aryl methyl sites for hydroxylation is 1. The highest BCUT2D eigenvalue weighted by Crippen LogP contribution is 2.17. The molecule has 0 spiro atoms. The molecule has 0 saturated carbocycles. The summed E-state index contributed by atoms with van der Waals surface area (Å²) in [6.45, 7) is 1.92. The maximum atomic E-state index is 5.85. The fraction of sp³-hybridized carbons (Fsp3) is 0.0909. The molecule has 0 radical (unpaired) electrons. The molecule has 0 fully saturated rings. The van der Waals surface area contributed by atoms with Gasteiger partial charge in [0.05, 0.1) is 18.1 Å². The first-order valence-corrected chi connectivity index (χ1v) is 5.40. The van der Waals surface area contributed by atoms with E-state index in [0.29, 0.717) is 11.0 Å². The lowest BCUT2D eigenvalue weighted by molar-refractivity contribution is 1.05. The van der Waals surface area contributed by atoms with Gasteiger partial charge in [0, 0.05) is 12.4 Å². The van der Waals surface area contributed by atoms with E-state index < -0.39 is 0 Å². The molecule has 0 aliphatic heterocycles. The van der Waals surface area contributed by atoms with Crippen molar-refractivity contribution in [2.45, 2.75) is 6.92 Å². The van der Waals surface area contributed by atoms with Crippen LogP contribution >= 0.6 is 11.6 Å². The van der Waals surface area contributed by atoms with Gasteiger partial charge in [-0.15, -0.1) is 0 Å². The first kappa shape index (κ1) is 10.2. The first-order valence-electron chi connectivity index (χ1n) is 5.03. The highest BCUT2D eigenvalue weighted by molar-refractivity contribution is 6.29. The zero-order valence-corrected chi connectivity index (χ0v) is 9.76. The van der Waals surface area contributed by atoms with Crippen LogP contribution in [0.25, 0.3) is 17.2 Å². The third-order valence-electron chi connectivity index (χ3n) is 2.38. The summed E-state index contributed by atoms with van der Waals surface area (Å²) < 4.78 is 1.90. The lowest BCUT2D eigenvalue weighted by Crippen LogP contribution is -1.95. The molecule has 0 N–H and O–H groups in total. The Hall–Kier alpha value is -2.01. The number of fused-ring (bicyclic) bond motifs is 1. The minimum absolute atomic E-state index is 0.413. The second-order valence-electron chi connectivity index (χ2n) is 3.60. The Balaban J connectivity index is 2.27. The van der Waals surface area contributed by atoms with Gasteiger partial charge >= 0.3 is 0 Å². The molecule has 0 aliphatic rings. The Kier molecular flexibility index (Phi) is 2.26. The molecule has 5 nitrogen and oxygen atoms in total. The molecule has 0 unspecified atom stereocenters. The van der Waals surface area contributed by atoms with E-state index in [9.17, 15) is 0 Å². The van der Waals surface area contributed by atoms with Gasteiger partial charge < -0.3 is 0 Å². The zero-order chi connectivity index (χ0) is 11.8. The molecule has 17 heavy (non-hydrogen) atoms. The van der Waals surface area contributed by atoms with Crippen LogP contribution in [0, 0.1) is 6.92 Å². The predicted octanol–water partition coefficient (Wildman–Crippen LogP) is 2.15. The zero-order valence-electron chi connectivity index (χ0n) is 9.00. The number of imidazole rings is 1. The van der Waals surface area contributed by atoms with Gasteiger partial charge in [-0.05, 0) is 13.0 Å². The second-order valence-corrected chi connectivity index (χ2v) is 3.99. The van der Waals surface area contributed by atoms with E-state index in [0.717, 1.165) is 17.0 Å². The van der Waals surface area contributed by atoms with Gasteiger partial charge in [0.2, 0.25) is 0 Å². The topological polar surface area (TPSA) is 56.0 Å². The minimum Gasteiger partial charge on any atom is -0.294 e. The summed E-state index contributed by atoms with van der Waals surface area (Å²) in [5.74, 6) is 0.551. The highest BCUT2D eigenvalue weighted by Gasteiger charge is 2.09. The van der Waals surface area contributed by atoms with Crippen LogP contribution in [0.4, 0.5) is 0 Å². The molecule has 3 heterocycles. The third-order valence-corrected chi connectivity index (χ3v) is 2.59. The summed E-state index contributed by atoms with van der Waals surface area (Å²) in [5, 5.41) is 0.413. The van der Waals surface area contributed by atoms with Crippen molar-refractivity contribution in [2.75, 3.05) is 0 Å². The third kappa shape index (κ3) is 1.74. The van der Waals surface area contributed by atoms with Crippen LogP contribution in [-0.2, 0) is 0 Å². The average Bonchev–Trinajstić information content (AvgIpc) is 2.71. The molecule has 0 aromatic carbocycles. The van der Waals surface area contributed by atoms with Crippen molar-refractivity contribution in [1.82, 2.24) is 24.3 Å². The summed E-state index contributed by atoms with van der Waals surface area (Å²) in [4.78, 5) is 16.8. The van der Waals surface area contributed by atoms with E-state index in [2.05, 4.69) is 19.9 Å². The average molecular weight is 246 g/mol. The standard InChI is InChI=1S/C11H8ClN5/c1-7-6-17-8(4-15-10(17)5-14-7)11-13-3-2-9(12)16-11/h2-6H,1H3. The van der Waals surface area contributed by atoms with Crippen LogP contribution in [-0.4, -0.2) is 24.3 Å². The van der Waals surface area contributed by atoms with E-state index in [1.165, 1.54) is 0 Å². The number of nitrogens with zero attached hydrogens (tertiary/aromatic N) is 5. The maximum Gasteiger partial charge on any atom is 0.179 e. The molecule has 3 aromatic heterocycles. The van der Waals surface area contributed by atoms with Crippen molar-refractivity contribution in [3.8, 4) is 11.5 Å². The summed E-state index contributed by atoms with van der Waals surface area (Å²) in [6.07, 6.45) is 6.94. The molecule has 0 bridgehead atoms. The normalized spacial score (nSPS) is 10.9. The first-order chi connectivity index (χ1) is 8.24. The second kappa shape index (κ2) is 3.78. The lowest BCUT2D eigenvalue weighted by atomic mass is 10.4. The number of rotatable bonds is 1. The number of hydrogen-bond donors (Lipinski definition) is 0.